The van der Waals surface area contributed by atoms with Crippen LogP contribution in [0.5, 0.6) is 0 Å². The van der Waals surface area contributed by atoms with Gasteiger partial charge >= 0.3 is 0 Å². The molecular formula is C13H21N3O. The molecular weight excluding hydrogens is 214 g/mol. The average Bonchev–Trinajstić information content (AvgIpc) is 2.83. The first-order valence-corrected chi connectivity index (χ1v) is 6.30. The molecule has 1 aromatic rings. The summed E-state index contributed by atoms with van der Waals surface area (Å²) in [7, 11) is 0. The van der Waals surface area contributed by atoms with Gasteiger partial charge in [0, 0.05) is 32.0 Å². The van der Waals surface area contributed by atoms with Crippen molar-refractivity contribution in [1.82, 2.24) is 15.2 Å². The van der Waals surface area contributed by atoms with Gasteiger partial charge in [-0.25, -0.2) is 0 Å². The molecule has 2 N–H and O–H groups in total. The largest absolute Gasteiger partial charge is 0.354 e. The van der Waals surface area contributed by atoms with Crippen LogP contribution in [0.1, 0.15) is 19.8 Å². The second-order valence-corrected chi connectivity index (χ2v) is 5.02. The smallest absolute Gasteiger partial charge is 0.227 e. The second-order valence-electron chi connectivity index (χ2n) is 5.02. The van der Waals surface area contributed by atoms with Crippen LogP contribution in [0.15, 0.2) is 24.5 Å². The third-order valence-electron chi connectivity index (χ3n) is 3.47. The number of nitrogens with one attached hydrogen (secondary N) is 2. The molecule has 1 atom stereocenters. The van der Waals surface area contributed by atoms with Gasteiger partial charge in [-0.1, -0.05) is 0 Å². The minimum Gasteiger partial charge on any atom is -0.354 e. The van der Waals surface area contributed by atoms with Crippen LogP contribution in [-0.4, -0.2) is 30.1 Å². The van der Waals surface area contributed by atoms with E-state index in [1.807, 2.05) is 31.5 Å². The highest BCUT2D eigenvalue weighted by Gasteiger charge is 2.34. The van der Waals surface area contributed by atoms with Gasteiger partial charge in [0.2, 0.25) is 5.91 Å². The molecule has 2 heterocycles. The van der Waals surface area contributed by atoms with Gasteiger partial charge in [-0.05, 0) is 38.4 Å². The summed E-state index contributed by atoms with van der Waals surface area (Å²) in [5.41, 5.74) is -0.227. The van der Waals surface area contributed by atoms with Crippen molar-refractivity contribution in [3.05, 3.63) is 24.5 Å². The highest BCUT2D eigenvalue weighted by Crippen LogP contribution is 2.25. The van der Waals surface area contributed by atoms with E-state index in [4.69, 9.17) is 0 Å². The van der Waals surface area contributed by atoms with Crippen molar-refractivity contribution in [3.8, 4) is 0 Å². The van der Waals surface area contributed by atoms with Crippen molar-refractivity contribution >= 4 is 5.91 Å². The van der Waals surface area contributed by atoms with Crippen LogP contribution < -0.4 is 10.6 Å². The first-order valence-electron chi connectivity index (χ1n) is 6.30. The Morgan fingerprint density at radius 3 is 2.88 bits per heavy atom. The molecule has 0 aromatic carbocycles. The molecule has 1 amide bonds. The van der Waals surface area contributed by atoms with Crippen molar-refractivity contribution in [2.75, 3.05) is 19.6 Å². The fraction of sp³-hybridized carbons (Fsp3) is 0.615. The number of aromatic nitrogens is 1. The quantitative estimate of drug-likeness (QED) is 0.817. The van der Waals surface area contributed by atoms with Gasteiger partial charge in [0.25, 0.3) is 0 Å². The summed E-state index contributed by atoms with van der Waals surface area (Å²) < 4.78 is 2.07. The van der Waals surface area contributed by atoms with Crippen LogP contribution >= 0.6 is 0 Å². The predicted molar refractivity (Wildman–Crippen MR) is 67.7 cm³/mol. The first-order chi connectivity index (χ1) is 8.21. The molecule has 0 aliphatic carbocycles. The molecule has 1 aliphatic rings. The molecule has 0 bridgehead atoms. The van der Waals surface area contributed by atoms with E-state index in [1.54, 1.807) is 0 Å². The van der Waals surface area contributed by atoms with Gasteiger partial charge in [0.1, 0.15) is 0 Å². The van der Waals surface area contributed by atoms with Crippen molar-refractivity contribution in [3.63, 3.8) is 0 Å². The lowest BCUT2D eigenvalue weighted by molar-refractivity contribution is -0.131. The number of rotatable bonds is 4. The van der Waals surface area contributed by atoms with E-state index in [0.717, 1.165) is 32.5 Å². The van der Waals surface area contributed by atoms with Crippen molar-refractivity contribution in [2.45, 2.75) is 26.3 Å². The van der Waals surface area contributed by atoms with E-state index in [1.165, 1.54) is 0 Å². The Bertz CT molecular complexity index is 353. The maximum absolute atomic E-state index is 12.1. The third-order valence-corrected chi connectivity index (χ3v) is 3.47. The van der Waals surface area contributed by atoms with Crippen LogP contribution in [-0.2, 0) is 11.3 Å². The molecule has 1 aliphatic heterocycles. The van der Waals surface area contributed by atoms with Crippen molar-refractivity contribution in [2.24, 2.45) is 5.41 Å². The molecule has 2 rings (SSSR count). The molecule has 1 unspecified atom stereocenters. The van der Waals surface area contributed by atoms with E-state index in [2.05, 4.69) is 15.2 Å². The molecule has 4 nitrogen and oxygen atoms in total. The van der Waals surface area contributed by atoms with E-state index in [-0.39, 0.29) is 11.3 Å². The maximum Gasteiger partial charge on any atom is 0.227 e. The molecule has 1 saturated heterocycles. The zero-order valence-electron chi connectivity index (χ0n) is 10.4. The number of carbonyl (C=O) groups is 1. The van der Waals surface area contributed by atoms with E-state index in [9.17, 15) is 4.79 Å². The van der Waals surface area contributed by atoms with Crippen molar-refractivity contribution in [1.29, 1.82) is 0 Å². The summed E-state index contributed by atoms with van der Waals surface area (Å²) in [6.07, 6.45) is 6.09. The van der Waals surface area contributed by atoms with Crippen molar-refractivity contribution < 1.29 is 4.79 Å². The van der Waals surface area contributed by atoms with Gasteiger partial charge < -0.3 is 15.2 Å². The van der Waals surface area contributed by atoms with Crippen LogP contribution in [0.25, 0.3) is 0 Å². The molecule has 94 valence electrons. The molecule has 1 aromatic heterocycles. The molecule has 0 spiro atoms. The molecule has 4 heteroatoms. The van der Waals surface area contributed by atoms with Crippen LogP contribution in [0.3, 0.4) is 0 Å². The summed E-state index contributed by atoms with van der Waals surface area (Å²) >= 11 is 0. The lowest BCUT2D eigenvalue weighted by atomic mass is 9.82. The topological polar surface area (TPSA) is 46.1 Å². The summed E-state index contributed by atoms with van der Waals surface area (Å²) in [6.45, 7) is 5.41. The van der Waals surface area contributed by atoms with Gasteiger partial charge in [-0.3, -0.25) is 4.79 Å². The average molecular weight is 235 g/mol. The SMILES string of the molecule is CC1(C(=O)NCCn2cccc2)CCCNC1. The number of amides is 1. The number of hydrogen-bond acceptors (Lipinski definition) is 2. The highest BCUT2D eigenvalue weighted by atomic mass is 16.2. The Hall–Kier alpha value is -1.29. The zero-order valence-corrected chi connectivity index (χ0v) is 10.4. The van der Waals surface area contributed by atoms with E-state index >= 15 is 0 Å². The Kier molecular flexibility index (Phi) is 3.84. The molecule has 1 fully saturated rings. The minimum absolute atomic E-state index is 0.178. The van der Waals surface area contributed by atoms with Crippen LogP contribution in [0.4, 0.5) is 0 Å². The normalized spacial score (nSPS) is 24.5. The highest BCUT2D eigenvalue weighted by molar-refractivity contribution is 5.82. The lowest BCUT2D eigenvalue weighted by Gasteiger charge is -2.32. The molecule has 0 saturated carbocycles. The van der Waals surface area contributed by atoms with Crippen LogP contribution in [0, 0.1) is 5.41 Å². The van der Waals surface area contributed by atoms with Gasteiger partial charge in [0.15, 0.2) is 0 Å². The summed E-state index contributed by atoms with van der Waals surface area (Å²) in [6, 6.07) is 3.99. The standard InChI is InChI=1S/C13H21N3O/c1-13(5-4-6-14-11-13)12(17)15-7-10-16-8-2-3-9-16/h2-3,8-9,14H,4-7,10-11H2,1H3,(H,15,17). The minimum atomic E-state index is -0.227. The molecule has 17 heavy (non-hydrogen) atoms. The first kappa shape index (κ1) is 12.2. The van der Waals surface area contributed by atoms with Crippen LogP contribution in [0.2, 0.25) is 0 Å². The third kappa shape index (κ3) is 3.09. The Labute approximate surface area is 102 Å². The van der Waals surface area contributed by atoms with Gasteiger partial charge in [-0.15, -0.1) is 0 Å². The van der Waals surface area contributed by atoms with E-state index in [0.29, 0.717) is 6.54 Å². The Morgan fingerprint density at radius 1 is 1.47 bits per heavy atom. The fourth-order valence-corrected chi connectivity index (χ4v) is 2.28. The van der Waals surface area contributed by atoms with Gasteiger partial charge in [0.05, 0.1) is 5.41 Å². The van der Waals surface area contributed by atoms with Gasteiger partial charge in [-0.2, -0.15) is 0 Å². The zero-order chi connectivity index (χ0) is 12.1. The lowest BCUT2D eigenvalue weighted by Crippen LogP contribution is -2.49. The number of piperidine rings is 1. The number of hydrogen-bond donors (Lipinski definition) is 2. The monoisotopic (exact) mass is 235 g/mol. The summed E-state index contributed by atoms with van der Waals surface area (Å²) in [5, 5.41) is 6.33. The number of carbonyl (C=O) groups excluding carboxylic acids is 1. The Balaban J connectivity index is 1.76. The maximum atomic E-state index is 12.1. The fourth-order valence-electron chi connectivity index (χ4n) is 2.28. The summed E-state index contributed by atoms with van der Waals surface area (Å²) in [5.74, 6) is 0.178. The molecule has 0 radical (unpaired) electrons. The number of nitrogens with zero attached hydrogens (tertiary/aromatic N) is 1. The second kappa shape index (κ2) is 5.36. The van der Waals surface area contributed by atoms with E-state index < -0.39 is 0 Å². The Morgan fingerprint density at radius 2 is 2.24 bits per heavy atom. The predicted octanol–water partition coefficient (Wildman–Crippen LogP) is 0.994. The summed E-state index contributed by atoms with van der Waals surface area (Å²) in [4.78, 5) is 12.1.